The Hall–Kier alpha value is -0.460. The quantitative estimate of drug-likeness (QED) is 0.531. The molecule has 0 atom stereocenters. The molecule has 0 heterocycles. The average molecular weight is 128 g/mol. The van der Waals surface area contributed by atoms with E-state index in [1.807, 2.05) is 0 Å². The lowest BCUT2D eigenvalue weighted by molar-refractivity contribution is 0.252. The Labute approximate surface area is 57.7 Å². The lowest BCUT2D eigenvalue weighted by atomic mass is 10.1. The fourth-order valence-electron chi connectivity index (χ4n) is 0.756. The standard InChI is InChI=1S/C8H16O/c1-5-6-8(9-4)7(2)3/h6-7H,5H2,1-4H3/b8-6+. The van der Waals surface area contributed by atoms with Gasteiger partial charge in [-0.2, -0.15) is 0 Å². The summed E-state index contributed by atoms with van der Waals surface area (Å²) in [6.07, 6.45) is 3.17. The molecule has 0 rings (SSSR count). The minimum Gasteiger partial charge on any atom is -0.501 e. The highest BCUT2D eigenvalue weighted by molar-refractivity contribution is 4.94. The molecule has 54 valence electrons. The van der Waals surface area contributed by atoms with Crippen molar-refractivity contribution in [3.8, 4) is 0 Å². The molecule has 0 aromatic carbocycles. The highest BCUT2D eigenvalue weighted by Crippen LogP contribution is 2.09. The van der Waals surface area contributed by atoms with Crippen LogP contribution in [0.5, 0.6) is 0 Å². The van der Waals surface area contributed by atoms with E-state index in [0.29, 0.717) is 5.92 Å². The van der Waals surface area contributed by atoms with Crippen molar-refractivity contribution in [3.05, 3.63) is 11.8 Å². The first-order valence-corrected chi connectivity index (χ1v) is 3.46. The normalized spacial score (nSPS) is 12.3. The van der Waals surface area contributed by atoms with Crippen molar-refractivity contribution in [3.63, 3.8) is 0 Å². The molecule has 0 aliphatic heterocycles. The summed E-state index contributed by atoms with van der Waals surface area (Å²) in [5, 5.41) is 0. The summed E-state index contributed by atoms with van der Waals surface area (Å²) in [4.78, 5) is 0. The van der Waals surface area contributed by atoms with Gasteiger partial charge >= 0.3 is 0 Å². The van der Waals surface area contributed by atoms with Gasteiger partial charge in [0.05, 0.1) is 12.9 Å². The molecule has 9 heavy (non-hydrogen) atoms. The van der Waals surface area contributed by atoms with Crippen LogP contribution in [0.15, 0.2) is 11.8 Å². The largest absolute Gasteiger partial charge is 0.501 e. The molecular formula is C8H16O. The molecule has 0 aliphatic rings. The predicted octanol–water partition coefficient (Wildman–Crippen LogP) is 2.58. The van der Waals surface area contributed by atoms with Gasteiger partial charge in [-0.25, -0.2) is 0 Å². The first-order chi connectivity index (χ1) is 4.22. The van der Waals surface area contributed by atoms with Crippen LogP contribution >= 0.6 is 0 Å². The van der Waals surface area contributed by atoms with E-state index in [9.17, 15) is 0 Å². The highest BCUT2D eigenvalue weighted by Gasteiger charge is 1.98. The van der Waals surface area contributed by atoms with Crippen molar-refractivity contribution in [2.24, 2.45) is 5.92 Å². The first-order valence-electron chi connectivity index (χ1n) is 3.46. The van der Waals surface area contributed by atoms with Crippen molar-refractivity contribution in [1.29, 1.82) is 0 Å². The van der Waals surface area contributed by atoms with Crippen LogP contribution in [0, 0.1) is 5.92 Å². The summed E-state index contributed by atoms with van der Waals surface area (Å²) in [7, 11) is 1.72. The van der Waals surface area contributed by atoms with E-state index in [1.54, 1.807) is 7.11 Å². The van der Waals surface area contributed by atoms with Gasteiger partial charge in [-0.05, 0) is 12.5 Å². The summed E-state index contributed by atoms with van der Waals surface area (Å²) < 4.78 is 5.11. The third kappa shape index (κ3) is 3.17. The first kappa shape index (κ1) is 8.54. The van der Waals surface area contributed by atoms with E-state index < -0.39 is 0 Å². The van der Waals surface area contributed by atoms with Gasteiger partial charge in [0.15, 0.2) is 0 Å². The van der Waals surface area contributed by atoms with Crippen molar-refractivity contribution in [1.82, 2.24) is 0 Å². The minimum absolute atomic E-state index is 0.523. The maximum Gasteiger partial charge on any atom is 0.0940 e. The Balaban J connectivity index is 3.81. The average Bonchev–Trinajstić information content (AvgIpc) is 1.82. The van der Waals surface area contributed by atoms with Gasteiger partial charge in [0.2, 0.25) is 0 Å². The third-order valence-corrected chi connectivity index (χ3v) is 1.21. The van der Waals surface area contributed by atoms with Crippen LogP contribution in [0.1, 0.15) is 27.2 Å². The Bertz CT molecular complexity index is 92.7. The number of allylic oxidation sites excluding steroid dienone is 2. The molecule has 0 bridgehead atoms. The Morgan fingerprint density at radius 3 is 2.22 bits per heavy atom. The molecule has 0 spiro atoms. The minimum atomic E-state index is 0.523. The number of rotatable bonds is 3. The SMILES string of the molecule is CC/C=C(/OC)C(C)C. The van der Waals surface area contributed by atoms with Crippen molar-refractivity contribution in [2.45, 2.75) is 27.2 Å². The van der Waals surface area contributed by atoms with Gasteiger partial charge in [-0.1, -0.05) is 20.8 Å². The topological polar surface area (TPSA) is 9.23 Å². The second-order valence-corrected chi connectivity index (χ2v) is 2.37. The molecular weight excluding hydrogens is 112 g/mol. The van der Waals surface area contributed by atoms with Crippen LogP contribution in [0.2, 0.25) is 0 Å². The smallest absolute Gasteiger partial charge is 0.0940 e. The summed E-state index contributed by atoms with van der Waals surface area (Å²) in [5.74, 6) is 1.62. The second-order valence-electron chi connectivity index (χ2n) is 2.37. The molecule has 0 amide bonds. The predicted molar refractivity (Wildman–Crippen MR) is 40.2 cm³/mol. The zero-order valence-electron chi connectivity index (χ0n) is 6.77. The number of ether oxygens (including phenoxy) is 1. The van der Waals surface area contributed by atoms with Gasteiger partial charge in [0, 0.05) is 5.92 Å². The lowest BCUT2D eigenvalue weighted by Gasteiger charge is -2.08. The molecule has 1 heteroatoms. The molecule has 0 unspecified atom stereocenters. The molecule has 0 fully saturated rings. The molecule has 0 saturated carbocycles. The molecule has 0 aromatic rings. The van der Waals surface area contributed by atoms with E-state index in [4.69, 9.17) is 4.74 Å². The zero-order chi connectivity index (χ0) is 7.28. The lowest BCUT2D eigenvalue weighted by Crippen LogP contribution is -1.95. The van der Waals surface area contributed by atoms with E-state index in [0.717, 1.165) is 12.2 Å². The Kier molecular flexibility index (Phi) is 4.20. The van der Waals surface area contributed by atoms with E-state index in [1.165, 1.54) is 0 Å². The van der Waals surface area contributed by atoms with Crippen LogP contribution < -0.4 is 0 Å². The van der Waals surface area contributed by atoms with Gasteiger partial charge in [0.1, 0.15) is 0 Å². The summed E-state index contributed by atoms with van der Waals surface area (Å²) >= 11 is 0. The van der Waals surface area contributed by atoms with E-state index in [2.05, 4.69) is 26.8 Å². The number of methoxy groups -OCH3 is 1. The monoisotopic (exact) mass is 128 g/mol. The third-order valence-electron chi connectivity index (χ3n) is 1.21. The molecule has 0 aliphatic carbocycles. The van der Waals surface area contributed by atoms with E-state index >= 15 is 0 Å². The fraction of sp³-hybridized carbons (Fsp3) is 0.750. The van der Waals surface area contributed by atoms with Crippen LogP contribution in [0.4, 0.5) is 0 Å². The number of hydrogen-bond acceptors (Lipinski definition) is 1. The van der Waals surface area contributed by atoms with E-state index in [-0.39, 0.29) is 0 Å². The van der Waals surface area contributed by atoms with Gasteiger partial charge in [0.25, 0.3) is 0 Å². The van der Waals surface area contributed by atoms with Crippen LogP contribution in [-0.2, 0) is 4.74 Å². The molecule has 1 nitrogen and oxygen atoms in total. The summed E-state index contributed by atoms with van der Waals surface area (Å²) in [6, 6.07) is 0. The highest BCUT2D eigenvalue weighted by atomic mass is 16.5. The van der Waals surface area contributed by atoms with Gasteiger partial charge in [-0.3, -0.25) is 0 Å². The zero-order valence-corrected chi connectivity index (χ0v) is 6.77. The van der Waals surface area contributed by atoms with Crippen molar-refractivity contribution >= 4 is 0 Å². The second kappa shape index (κ2) is 4.42. The van der Waals surface area contributed by atoms with Crippen molar-refractivity contribution < 1.29 is 4.74 Å². The van der Waals surface area contributed by atoms with Gasteiger partial charge in [-0.15, -0.1) is 0 Å². The van der Waals surface area contributed by atoms with Gasteiger partial charge < -0.3 is 4.74 Å². The Morgan fingerprint density at radius 1 is 1.56 bits per heavy atom. The molecule has 0 saturated heterocycles. The molecule has 0 aromatic heterocycles. The van der Waals surface area contributed by atoms with Crippen LogP contribution in [-0.4, -0.2) is 7.11 Å². The molecule has 0 radical (unpaired) electrons. The summed E-state index contributed by atoms with van der Waals surface area (Å²) in [6.45, 7) is 6.37. The Morgan fingerprint density at radius 2 is 2.11 bits per heavy atom. The van der Waals surface area contributed by atoms with Crippen LogP contribution in [0.3, 0.4) is 0 Å². The van der Waals surface area contributed by atoms with Crippen molar-refractivity contribution in [2.75, 3.05) is 7.11 Å². The summed E-state index contributed by atoms with van der Waals surface area (Å²) in [5.41, 5.74) is 0. The number of hydrogen-bond donors (Lipinski definition) is 0. The fourth-order valence-corrected chi connectivity index (χ4v) is 0.756. The van der Waals surface area contributed by atoms with Crippen LogP contribution in [0.25, 0.3) is 0 Å². The molecule has 0 N–H and O–H groups in total. The maximum atomic E-state index is 5.11. The maximum absolute atomic E-state index is 5.11.